The minimum absolute atomic E-state index is 0.150. The maximum atomic E-state index is 14.0. The van der Waals surface area contributed by atoms with Gasteiger partial charge in [0.05, 0.1) is 11.9 Å². The molecule has 0 saturated heterocycles. The summed E-state index contributed by atoms with van der Waals surface area (Å²) in [6.07, 6.45) is 0.948. The van der Waals surface area contributed by atoms with Gasteiger partial charge in [-0.1, -0.05) is 42.0 Å². The first-order valence-electron chi connectivity index (χ1n) is 7.77. The fourth-order valence-electron chi connectivity index (χ4n) is 2.45. The molecule has 2 rings (SSSR count). The molecule has 0 aromatic heterocycles. The number of hydrogen-bond acceptors (Lipinski definition) is 3. The molecule has 0 fully saturated rings. The van der Waals surface area contributed by atoms with Crippen LogP contribution in [0.1, 0.15) is 18.1 Å². The van der Waals surface area contributed by atoms with Crippen LogP contribution in [0.5, 0.6) is 0 Å². The van der Waals surface area contributed by atoms with E-state index in [0.29, 0.717) is 0 Å². The molecule has 7 heteroatoms. The van der Waals surface area contributed by atoms with Crippen molar-refractivity contribution in [2.24, 2.45) is 0 Å². The zero-order chi connectivity index (χ0) is 18.6. The van der Waals surface area contributed by atoms with Crippen LogP contribution in [0.4, 0.5) is 10.1 Å². The lowest BCUT2D eigenvalue weighted by Crippen LogP contribution is -2.48. The molecule has 0 aliphatic carbocycles. The molecule has 0 spiro atoms. The molecule has 0 radical (unpaired) electrons. The lowest BCUT2D eigenvalue weighted by molar-refractivity contribution is -0.122. The van der Waals surface area contributed by atoms with E-state index in [1.54, 1.807) is 0 Å². The Morgan fingerprint density at radius 2 is 1.76 bits per heavy atom. The van der Waals surface area contributed by atoms with Gasteiger partial charge in [0.2, 0.25) is 15.9 Å². The number of hydrogen-bond donors (Lipinski definition) is 1. The lowest BCUT2D eigenvalue weighted by atomic mass is 10.1. The number of aryl methyl sites for hydroxylation is 1. The van der Waals surface area contributed by atoms with Gasteiger partial charge < -0.3 is 5.32 Å². The third-order valence-corrected chi connectivity index (χ3v) is 4.99. The Hall–Kier alpha value is -2.41. The van der Waals surface area contributed by atoms with Crippen molar-refractivity contribution in [2.75, 3.05) is 10.6 Å². The molecule has 1 amide bonds. The number of para-hydroxylation sites is 1. The molecule has 0 saturated carbocycles. The zero-order valence-corrected chi connectivity index (χ0v) is 15.2. The first kappa shape index (κ1) is 18.9. The van der Waals surface area contributed by atoms with Crippen molar-refractivity contribution in [3.63, 3.8) is 0 Å². The van der Waals surface area contributed by atoms with Gasteiger partial charge in [-0.15, -0.1) is 0 Å². The number of carbonyl (C=O) groups is 1. The number of benzene rings is 2. The Bertz CT molecular complexity index is 851. The van der Waals surface area contributed by atoms with Gasteiger partial charge in [0, 0.05) is 6.54 Å². The smallest absolute Gasteiger partial charge is 0.243 e. The summed E-state index contributed by atoms with van der Waals surface area (Å²) < 4.78 is 39.1. The summed E-state index contributed by atoms with van der Waals surface area (Å²) in [7, 11) is -3.84. The molecule has 1 N–H and O–H groups in total. The number of sulfonamides is 1. The number of nitrogens with one attached hydrogen (secondary N) is 1. The van der Waals surface area contributed by atoms with Gasteiger partial charge in [-0.25, -0.2) is 12.8 Å². The Morgan fingerprint density at radius 1 is 1.16 bits per heavy atom. The summed E-state index contributed by atoms with van der Waals surface area (Å²) in [5.41, 5.74) is 1.84. The van der Waals surface area contributed by atoms with Crippen molar-refractivity contribution in [1.82, 2.24) is 5.32 Å². The van der Waals surface area contributed by atoms with Gasteiger partial charge in [-0.2, -0.15) is 0 Å². The number of rotatable bonds is 6. The fraction of sp³-hybridized carbons (Fsp3) is 0.278. The number of anilines is 1. The molecule has 0 bridgehead atoms. The van der Waals surface area contributed by atoms with E-state index in [2.05, 4.69) is 5.32 Å². The van der Waals surface area contributed by atoms with Crippen molar-refractivity contribution < 1.29 is 17.6 Å². The van der Waals surface area contributed by atoms with E-state index in [4.69, 9.17) is 0 Å². The summed E-state index contributed by atoms with van der Waals surface area (Å²) in [6.45, 7) is 3.65. The second-order valence-electron chi connectivity index (χ2n) is 5.89. The number of halogens is 1. The van der Waals surface area contributed by atoms with Crippen LogP contribution in [0.3, 0.4) is 0 Å². The van der Waals surface area contributed by atoms with Crippen molar-refractivity contribution in [2.45, 2.75) is 26.4 Å². The number of amides is 1. The third-order valence-electron chi connectivity index (χ3n) is 3.77. The van der Waals surface area contributed by atoms with Crippen LogP contribution in [0.25, 0.3) is 0 Å². The standard InChI is InChI=1S/C18H21FN2O3S/c1-13-8-10-15(11-9-13)12-20-18(22)14(2)21(25(3,23)24)17-7-5-4-6-16(17)19/h4-11,14H,12H2,1-3H3,(H,20,22). The van der Waals surface area contributed by atoms with Gasteiger partial charge >= 0.3 is 0 Å². The molecule has 2 aromatic rings. The largest absolute Gasteiger partial charge is 0.350 e. The molecule has 134 valence electrons. The highest BCUT2D eigenvalue weighted by atomic mass is 32.2. The highest BCUT2D eigenvalue weighted by Gasteiger charge is 2.30. The minimum Gasteiger partial charge on any atom is -0.350 e. The molecule has 0 aliphatic heterocycles. The van der Waals surface area contributed by atoms with Gasteiger partial charge in [0.1, 0.15) is 11.9 Å². The monoisotopic (exact) mass is 364 g/mol. The first-order chi connectivity index (χ1) is 11.7. The molecule has 1 atom stereocenters. The molecule has 0 heterocycles. The molecule has 2 aromatic carbocycles. The zero-order valence-electron chi connectivity index (χ0n) is 14.4. The van der Waals surface area contributed by atoms with Crippen LogP contribution >= 0.6 is 0 Å². The topological polar surface area (TPSA) is 66.5 Å². The van der Waals surface area contributed by atoms with E-state index in [1.165, 1.54) is 25.1 Å². The quantitative estimate of drug-likeness (QED) is 0.857. The van der Waals surface area contributed by atoms with Gasteiger partial charge in [-0.05, 0) is 31.5 Å². The lowest BCUT2D eigenvalue weighted by Gasteiger charge is -2.28. The summed E-state index contributed by atoms with van der Waals surface area (Å²) >= 11 is 0. The van der Waals surface area contributed by atoms with Crippen LogP contribution in [0.2, 0.25) is 0 Å². The van der Waals surface area contributed by atoms with Crippen LogP contribution in [0.15, 0.2) is 48.5 Å². The van der Waals surface area contributed by atoms with Crippen molar-refractivity contribution in [3.8, 4) is 0 Å². The van der Waals surface area contributed by atoms with Crippen molar-refractivity contribution >= 4 is 21.6 Å². The van der Waals surface area contributed by atoms with Crippen LogP contribution < -0.4 is 9.62 Å². The second-order valence-corrected chi connectivity index (χ2v) is 7.75. The van der Waals surface area contributed by atoms with Crippen molar-refractivity contribution in [1.29, 1.82) is 0 Å². The van der Waals surface area contributed by atoms with E-state index in [9.17, 15) is 17.6 Å². The molecule has 25 heavy (non-hydrogen) atoms. The Labute approximate surface area is 147 Å². The fourth-order valence-corrected chi connectivity index (χ4v) is 3.63. The average Bonchev–Trinajstić information content (AvgIpc) is 2.54. The SMILES string of the molecule is Cc1ccc(CNC(=O)C(C)N(c2ccccc2F)S(C)(=O)=O)cc1. The second kappa shape index (κ2) is 7.65. The van der Waals surface area contributed by atoms with E-state index >= 15 is 0 Å². The maximum Gasteiger partial charge on any atom is 0.243 e. The van der Waals surface area contributed by atoms with E-state index in [0.717, 1.165) is 27.8 Å². The van der Waals surface area contributed by atoms with E-state index < -0.39 is 27.8 Å². The molecular weight excluding hydrogens is 343 g/mol. The highest BCUT2D eigenvalue weighted by Crippen LogP contribution is 2.24. The summed E-state index contributed by atoms with van der Waals surface area (Å²) in [5.74, 6) is -1.21. The average molecular weight is 364 g/mol. The van der Waals surface area contributed by atoms with Gasteiger partial charge in [-0.3, -0.25) is 9.10 Å². The predicted octanol–water partition coefficient (Wildman–Crippen LogP) is 2.61. The maximum absolute atomic E-state index is 14.0. The van der Waals surface area contributed by atoms with E-state index in [-0.39, 0.29) is 12.2 Å². The highest BCUT2D eigenvalue weighted by molar-refractivity contribution is 7.92. The first-order valence-corrected chi connectivity index (χ1v) is 9.62. The van der Waals surface area contributed by atoms with Crippen LogP contribution in [0, 0.1) is 12.7 Å². The third kappa shape index (κ3) is 4.79. The summed E-state index contributed by atoms with van der Waals surface area (Å²) in [6, 6.07) is 12.0. The Morgan fingerprint density at radius 3 is 2.32 bits per heavy atom. The minimum atomic E-state index is -3.84. The number of nitrogens with zero attached hydrogens (tertiary/aromatic N) is 1. The molecule has 0 aliphatic rings. The predicted molar refractivity (Wildman–Crippen MR) is 96.2 cm³/mol. The Balaban J connectivity index is 2.19. The van der Waals surface area contributed by atoms with Gasteiger partial charge in [0.25, 0.3) is 0 Å². The normalized spacial score (nSPS) is 12.5. The van der Waals surface area contributed by atoms with Crippen LogP contribution in [-0.4, -0.2) is 26.6 Å². The summed E-state index contributed by atoms with van der Waals surface area (Å²) in [4.78, 5) is 12.4. The molecule has 1 unspecified atom stereocenters. The summed E-state index contributed by atoms with van der Waals surface area (Å²) in [5, 5.41) is 2.69. The van der Waals surface area contributed by atoms with Crippen molar-refractivity contribution in [3.05, 3.63) is 65.5 Å². The molecule has 5 nitrogen and oxygen atoms in total. The Kier molecular flexibility index (Phi) is 5.79. The van der Waals surface area contributed by atoms with Crippen LogP contribution in [-0.2, 0) is 21.4 Å². The molecular formula is C18H21FN2O3S. The van der Waals surface area contributed by atoms with E-state index in [1.807, 2.05) is 31.2 Å². The number of carbonyl (C=O) groups excluding carboxylic acids is 1. The van der Waals surface area contributed by atoms with Gasteiger partial charge in [0.15, 0.2) is 0 Å².